The van der Waals surface area contributed by atoms with Gasteiger partial charge in [-0.3, -0.25) is 0 Å². The lowest BCUT2D eigenvalue weighted by atomic mass is 10.1. The van der Waals surface area contributed by atoms with Crippen LogP contribution in [-0.4, -0.2) is 21.4 Å². The molecule has 0 spiro atoms. The molecular weight excluding hydrogens is 240 g/mol. The molecule has 0 atom stereocenters. The van der Waals surface area contributed by atoms with Crippen molar-refractivity contribution in [1.82, 2.24) is 14.8 Å². The maximum absolute atomic E-state index is 12.0. The van der Waals surface area contributed by atoms with Gasteiger partial charge in [-0.15, -0.1) is 0 Å². The molecule has 0 saturated heterocycles. The van der Waals surface area contributed by atoms with E-state index in [2.05, 4.69) is 28.7 Å². The van der Waals surface area contributed by atoms with Gasteiger partial charge in [0.2, 0.25) is 5.88 Å². The molecule has 6 heteroatoms. The van der Waals surface area contributed by atoms with Gasteiger partial charge < -0.3 is 4.74 Å². The third-order valence-corrected chi connectivity index (χ3v) is 2.44. The van der Waals surface area contributed by atoms with E-state index in [9.17, 15) is 8.78 Å². The molecule has 0 N–H and O–H groups in total. The molecule has 0 aromatic carbocycles. The normalized spacial score (nSPS) is 11.2. The van der Waals surface area contributed by atoms with Crippen LogP contribution in [0.3, 0.4) is 0 Å². The Morgan fingerprint density at radius 2 is 2.00 bits per heavy atom. The van der Waals surface area contributed by atoms with Crippen LogP contribution in [0.2, 0.25) is 0 Å². The molecule has 4 nitrogen and oxygen atoms in total. The van der Waals surface area contributed by atoms with E-state index in [0.29, 0.717) is 11.6 Å². The third-order valence-electron chi connectivity index (χ3n) is 2.44. The molecule has 0 bridgehead atoms. The van der Waals surface area contributed by atoms with Gasteiger partial charge in [-0.1, -0.05) is 13.8 Å². The van der Waals surface area contributed by atoms with Gasteiger partial charge in [-0.2, -0.15) is 13.9 Å². The molecule has 0 aliphatic heterocycles. The van der Waals surface area contributed by atoms with Crippen molar-refractivity contribution in [3.63, 3.8) is 0 Å². The maximum atomic E-state index is 12.0. The summed E-state index contributed by atoms with van der Waals surface area (Å²) < 4.78 is 29.9. The van der Waals surface area contributed by atoms with Gasteiger partial charge in [0.25, 0.3) is 0 Å². The summed E-state index contributed by atoms with van der Waals surface area (Å²) >= 11 is 0. The van der Waals surface area contributed by atoms with E-state index in [0.717, 1.165) is 5.69 Å². The first-order valence-corrected chi connectivity index (χ1v) is 5.53. The topological polar surface area (TPSA) is 39.9 Å². The molecule has 2 heterocycles. The van der Waals surface area contributed by atoms with Crippen molar-refractivity contribution in [3.8, 4) is 11.6 Å². The van der Waals surface area contributed by atoms with Crippen LogP contribution in [0, 0.1) is 0 Å². The Morgan fingerprint density at radius 1 is 1.22 bits per heavy atom. The van der Waals surface area contributed by atoms with Crippen molar-refractivity contribution in [1.29, 1.82) is 0 Å². The molecule has 0 unspecified atom stereocenters. The third kappa shape index (κ3) is 2.64. The number of pyridine rings is 1. The summed E-state index contributed by atoms with van der Waals surface area (Å²) in [4.78, 5) is 3.81. The number of halogens is 2. The number of rotatable bonds is 4. The van der Waals surface area contributed by atoms with Crippen LogP contribution in [0.1, 0.15) is 25.5 Å². The highest BCUT2D eigenvalue weighted by atomic mass is 19.3. The summed E-state index contributed by atoms with van der Waals surface area (Å²) in [5.74, 6) is 0.205. The second-order valence-electron chi connectivity index (χ2n) is 4.06. The molecule has 96 valence electrons. The fourth-order valence-corrected chi connectivity index (χ4v) is 1.63. The summed E-state index contributed by atoms with van der Waals surface area (Å²) in [6.07, 6.45) is 3.15. The van der Waals surface area contributed by atoms with E-state index in [1.165, 1.54) is 12.3 Å². The van der Waals surface area contributed by atoms with Crippen molar-refractivity contribution < 1.29 is 13.5 Å². The highest BCUT2D eigenvalue weighted by Gasteiger charge is 2.10. The van der Waals surface area contributed by atoms with Crippen LogP contribution in [0.25, 0.3) is 5.69 Å². The molecule has 2 aromatic heterocycles. The number of ether oxygens (including phenoxy) is 1. The Morgan fingerprint density at radius 3 is 2.56 bits per heavy atom. The van der Waals surface area contributed by atoms with Gasteiger partial charge >= 0.3 is 6.61 Å². The van der Waals surface area contributed by atoms with Crippen molar-refractivity contribution >= 4 is 0 Å². The molecule has 0 radical (unpaired) electrons. The van der Waals surface area contributed by atoms with Gasteiger partial charge in [-0.25, -0.2) is 9.67 Å². The second kappa shape index (κ2) is 5.12. The Bertz CT molecular complexity index is 508. The maximum Gasteiger partial charge on any atom is 0.388 e. The van der Waals surface area contributed by atoms with Crippen molar-refractivity contribution in [2.24, 2.45) is 0 Å². The minimum absolute atomic E-state index is 0.105. The van der Waals surface area contributed by atoms with Crippen molar-refractivity contribution in [3.05, 3.63) is 36.3 Å². The molecule has 2 rings (SSSR count). The van der Waals surface area contributed by atoms with Crippen LogP contribution >= 0.6 is 0 Å². The summed E-state index contributed by atoms with van der Waals surface area (Å²) in [5, 5.41) is 4.19. The first-order chi connectivity index (χ1) is 8.58. The minimum atomic E-state index is -2.86. The summed E-state index contributed by atoms with van der Waals surface area (Å²) in [5.41, 5.74) is 1.74. The number of alkyl halides is 2. The van der Waals surface area contributed by atoms with E-state index in [1.807, 2.05) is 6.07 Å². The first-order valence-electron chi connectivity index (χ1n) is 5.53. The highest BCUT2D eigenvalue weighted by Crippen LogP contribution is 2.19. The average Bonchev–Trinajstić information content (AvgIpc) is 2.78. The van der Waals surface area contributed by atoms with Crippen LogP contribution in [-0.2, 0) is 0 Å². The number of nitrogens with zero attached hydrogens (tertiary/aromatic N) is 3. The fraction of sp³-hybridized carbons (Fsp3) is 0.333. The lowest BCUT2D eigenvalue weighted by molar-refractivity contribution is -0.0528. The van der Waals surface area contributed by atoms with Gasteiger partial charge in [0.1, 0.15) is 0 Å². The Labute approximate surface area is 103 Å². The van der Waals surface area contributed by atoms with Crippen LogP contribution in [0.15, 0.2) is 30.6 Å². The Kier molecular flexibility index (Phi) is 3.55. The van der Waals surface area contributed by atoms with Crippen molar-refractivity contribution in [2.75, 3.05) is 0 Å². The largest absolute Gasteiger partial charge is 0.417 e. The molecule has 0 aliphatic rings. The molecule has 0 saturated carbocycles. The molecule has 0 aliphatic carbocycles. The first kappa shape index (κ1) is 12.5. The van der Waals surface area contributed by atoms with Crippen LogP contribution in [0.5, 0.6) is 5.88 Å². The predicted molar refractivity (Wildman–Crippen MR) is 62.1 cm³/mol. The Hall–Kier alpha value is -1.98. The average molecular weight is 253 g/mol. The number of hydrogen-bond donors (Lipinski definition) is 0. The molecule has 0 amide bonds. The van der Waals surface area contributed by atoms with Gasteiger partial charge in [-0.05, 0) is 18.1 Å². The SMILES string of the molecule is CC(C)c1ccnn1-c1ccc(OC(F)F)nc1. The smallest absolute Gasteiger partial charge is 0.388 e. The lowest BCUT2D eigenvalue weighted by Crippen LogP contribution is -2.06. The number of hydrogen-bond acceptors (Lipinski definition) is 3. The van der Waals surface area contributed by atoms with Gasteiger partial charge in [0.15, 0.2) is 0 Å². The van der Waals surface area contributed by atoms with E-state index < -0.39 is 6.61 Å². The summed E-state index contributed by atoms with van der Waals surface area (Å²) in [6.45, 7) is 1.24. The predicted octanol–water partition coefficient (Wildman–Crippen LogP) is 2.99. The summed E-state index contributed by atoms with van der Waals surface area (Å²) in [6, 6.07) is 4.95. The van der Waals surface area contributed by atoms with Gasteiger partial charge in [0.05, 0.1) is 11.9 Å². The molecule has 18 heavy (non-hydrogen) atoms. The Balaban J connectivity index is 2.26. The van der Waals surface area contributed by atoms with E-state index >= 15 is 0 Å². The number of aromatic nitrogens is 3. The zero-order valence-corrected chi connectivity index (χ0v) is 10.0. The fourth-order valence-electron chi connectivity index (χ4n) is 1.63. The minimum Gasteiger partial charge on any atom is -0.417 e. The monoisotopic (exact) mass is 253 g/mol. The molecule has 2 aromatic rings. The van der Waals surface area contributed by atoms with E-state index in [1.54, 1.807) is 16.9 Å². The van der Waals surface area contributed by atoms with Crippen LogP contribution < -0.4 is 4.74 Å². The molecule has 0 fully saturated rings. The quantitative estimate of drug-likeness (QED) is 0.841. The summed E-state index contributed by atoms with van der Waals surface area (Å²) in [7, 11) is 0. The van der Waals surface area contributed by atoms with Crippen molar-refractivity contribution in [2.45, 2.75) is 26.4 Å². The van der Waals surface area contributed by atoms with Crippen LogP contribution in [0.4, 0.5) is 8.78 Å². The highest BCUT2D eigenvalue weighted by molar-refractivity contribution is 5.33. The second-order valence-corrected chi connectivity index (χ2v) is 4.06. The standard InChI is InChI=1S/C12H13F2N3O/c1-8(2)10-5-6-16-17(10)9-3-4-11(15-7-9)18-12(13)14/h3-8,12H,1-2H3. The zero-order valence-electron chi connectivity index (χ0n) is 10.0. The zero-order chi connectivity index (χ0) is 13.1. The molecular formula is C12H13F2N3O. The van der Waals surface area contributed by atoms with E-state index in [-0.39, 0.29) is 5.88 Å². The van der Waals surface area contributed by atoms with E-state index in [4.69, 9.17) is 0 Å². The van der Waals surface area contributed by atoms with Gasteiger partial charge in [0, 0.05) is 18.0 Å². The lowest BCUT2D eigenvalue weighted by Gasteiger charge is -2.10.